The van der Waals surface area contributed by atoms with E-state index in [0.717, 1.165) is 31.4 Å². The molecule has 1 amide bonds. The number of rotatable bonds is 6. The highest BCUT2D eigenvalue weighted by Crippen LogP contribution is 2.23. The highest BCUT2D eigenvalue weighted by atomic mass is 32.2. The smallest absolute Gasteiger partial charge is 0.326 e. The number of carbonyl (C=O) groups is 2. The lowest BCUT2D eigenvalue weighted by Gasteiger charge is -2.26. The molecule has 1 atom stereocenters. The molecule has 0 saturated heterocycles. The first-order valence-corrected chi connectivity index (χ1v) is 7.71. The Morgan fingerprint density at radius 1 is 1.39 bits per heavy atom. The second kappa shape index (κ2) is 7.63. The number of nitrogens with two attached hydrogens (primary N) is 1. The average molecular weight is 274 g/mol. The summed E-state index contributed by atoms with van der Waals surface area (Å²) in [5, 5.41) is 11.7. The van der Waals surface area contributed by atoms with Crippen LogP contribution in [0.4, 0.5) is 0 Å². The van der Waals surface area contributed by atoms with Gasteiger partial charge in [0, 0.05) is 12.0 Å². The van der Waals surface area contributed by atoms with Gasteiger partial charge in [-0.05, 0) is 44.1 Å². The molecule has 6 heteroatoms. The number of carboxylic acids is 1. The number of amides is 1. The van der Waals surface area contributed by atoms with Crippen LogP contribution in [0.1, 0.15) is 32.1 Å². The van der Waals surface area contributed by atoms with Crippen LogP contribution in [0.5, 0.6) is 0 Å². The van der Waals surface area contributed by atoms with Crippen molar-refractivity contribution in [3.05, 3.63) is 0 Å². The molecule has 1 saturated carbocycles. The molecule has 0 aromatic rings. The first-order chi connectivity index (χ1) is 8.54. The van der Waals surface area contributed by atoms with E-state index in [0.29, 0.717) is 6.42 Å². The fourth-order valence-electron chi connectivity index (χ4n) is 2.16. The summed E-state index contributed by atoms with van der Waals surface area (Å²) in [6.07, 6.45) is 5.61. The molecule has 4 N–H and O–H groups in total. The summed E-state index contributed by atoms with van der Waals surface area (Å²) in [6, 6.07) is -0.568. The van der Waals surface area contributed by atoms with Gasteiger partial charge in [0.1, 0.15) is 6.04 Å². The predicted molar refractivity (Wildman–Crippen MR) is 72.5 cm³/mol. The van der Waals surface area contributed by atoms with E-state index in [2.05, 4.69) is 5.32 Å². The van der Waals surface area contributed by atoms with Crippen LogP contribution in [0.3, 0.4) is 0 Å². The number of carboxylic acid groups (broad SMARTS) is 1. The quantitative estimate of drug-likeness (QED) is 0.667. The molecule has 104 valence electrons. The molecule has 0 aromatic carbocycles. The Morgan fingerprint density at radius 2 is 2.00 bits per heavy atom. The minimum Gasteiger partial charge on any atom is -0.480 e. The Hall–Kier alpha value is -0.750. The summed E-state index contributed by atoms with van der Waals surface area (Å²) in [5.74, 6) is -0.423. The maximum Gasteiger partial charge on any atom is 0.326 e. The minimum atomic E-state index is -0.954. The van der Waals surface area contributed by atoms with Gasteiger partial charge >= 0.3 is 5.97 Å². The summed E-state index contributed by atoms with van der Waals surface area (Å²) >= 11 is 1.58. The Labute approximate surface area is 112 Å². The molecular weight excluding hydrogens is 252 g/mol. The van der Waals surface area contributed by atoms with Crippen molar-refractivity contribution in [3.8, 4) is 0 Å². The SMILES string of the molecule is CSCCC(NC(=O)C1CCC(N)CC1)C(=O)O. The van der Waals surface area contributed by atoms with Crippen molar-refractivity contribution < 1.29 is 14.7 Å². The van der Waals surface area contributed by atoms with Crippen molar-refractivity contribution >= 4 is 23.6 Å². The number of hydrogen-bond donors (Lipinski definition) is 3. The van der Waals surface area contributed by atoms with Gasteiger partial charge in [-0.2, -0.15) is 11.8 Å². The summed E-state index contributed by atoms with van der Waals surface area (Å²) in [4.78, 5) is 23.0. The Kier molecular flexibility index (Phi) is 6.49. The van der Waals surface area contributed by atoms with Crippen LogP contribution < -0.4 is 11.1 Å². The molecule has 0 aliphatic heterocycles. The van der Waals surface area contributed by atoms with E-state index in [-0.39, 0.29) is 17.9 Å². The van der Waals surface area contributed by atoms with Gasteiger partial charge in [-0.1, -0.05) is 0 Å². The van der Waals surface area contributed by atoms with Crippen LogP contribution in [0, 0.1) is 5.92 Å². The van der Waals surface area contributed by atoms with Gasteiger partial charge in [0.25, 0.3) is 0 Å². The Bertz CT molecular complexity index is 291. The van der Waals surface area contributed by atoms with Gasteiger partial charge in [0.15, 0.2) is 0 Å². The summed E-state index contributed by atoms with van der Waals surface area (Å²) < 4.78 is 0. The third-order valence-corrected chi connectivity index (χ3v) is 4.01. The maximum atomic E-state index is 12.0. The number of carbonyl (C=O) groups excluding carboxylic acids is 1. The van der Waals surface area contributed by atoms with E-state index in [4.69, 9.17) is 10.8 Å². The normalized spacial score (nSPS) is 25.4. The van der Waals surface area contributed by atoms with Gasteiger partial charge in [-0.25, -0.2) is 4.79 Å². The van der Waals surface area contributed by atoms with Crippen LogP contribution in [0.25, 0.3) is 0 Å². The fraction of sp³-hybridized carbons (Fsp3) is 0.833. The second-order valence-electron chi connectivity index (χ2n) is 4.79. The van der Waals surface area contributed by atoms with Crippen molar-refractivity contribution in [3.63, 3.8) is 0 Å². The van der Waals surface area contributed by atoms with E-state index in [1.54, 1.807) is 11.8 Å². The summed E-state index contributed by atoms with van der Waals surface area (Å²) in [6.45, 7) is 0. The lowest BCUT2D eigenvalue weighted by atomic mass is 9.86. The van der Waals surface area contributed by atoms with Gasteiger partial charge in [0.2, 0.25) is 5.91 Å². The maximum absolute atomic E-state index is 12.0. The van der Waals surface area contributed by atoms with Crippen LogP contribution in [0.2, 0.25) is 0 Å². The van der Waals surface area contributed by atoms with Crippen LogP contribution >= 0.6 is 11.8 Å². The van der Waals surface area contributed by atoms with Crippen LogP contribution in [0.15, 0.2) is 0 Å². The number of aliphatic carboxylic acids is 1. The average Bonchev–Trinajstić information content (AvgIpc) is 2.34. The molecule has 0 aromatic heterocycles. The predicted octanol–water partition coefficient (Wildman–Crippen LogP) is 0.826. The molecule has 1 aliphatic carbocycles. The standard InChI is InChI=1S/C12H22N2O3S/c1-18-7-6-10(12(16)17)14-11(15)8-2-4-9(13)5-3-8/h8-10H,2-7,13H2,1H3,(H,14,15)(H,16,17). The largest absolute Gasteiger partial charge is 0.480 e. The van der Waals surface area contributed by atoms with Crippen LogP contribution in [-0.2, 0) is 9.59 Å². The van der Waals surface area contributed by atoms with Crippen LogP contribution in [-0.4, -0.2) is 41.1 Å². The molecule has 1 fully saturated rings. The zero-order valence-electron chi connectivity index (χ0n) is 10.7. The van der Waals surface area contributed by atoms with Crippen molar-refractivity contribution in [1.29, 1.82) is 0 Å². The van der Waals surface area contributed by atoms with E-state index < -0.39 is 12.0 Å². The lowest BCUT2D eigenvalue weighted by Crippen LogP contribution is -2.45. The molecule has 0 bridgehead atoms. The summed E-state index contributed by atoms with van der Waals surface area (Å²) in [5.41, 5.74) is 5.78. The molecule has 5 nitrogen and oxygen atoms in total. The highest BCUT2D eigenvalue weighted by molar-refractivity contribution is 7.98. The molecule has 1 unspecified atom stereocenters. The second-order valence-corrected chi connectivity index (χ2v) is 5.78. The van der Waals surface area contributed by atoms with E-state index >= 15 is 0 Å². The number of nitrogens with one attached hydrogen (secondary N) is 1. The zero-order valence-corrected chi connectivity index (χ0v) is 11.5. The van der Waals surface area contributed by atoms with E-state index in [9.17, 15) is 9.59 Å². The van der Waals surface area contributed by atoms with Gasteiger partial charge < -0.3 is 16.2 Å². The number of thioether (sulfide) groups is 1. The first kappa shape index (κ1) is 15.3. The fourth-order valence-corrected chi connectivity index (χ4v) is 2.64. The van der Waals surface area contributed by atoms with Gasteiger partial charge in [-0.15, -0.1) is 0 Å². The van der Waals surface area contributed by atoms with Gasteiger partial charge in [-0.3, -0.25) is 4.79 Å². The van der Waals surface area contributed by atoms with E-state index in [1.165, 1.54) is 0 Å². The van der Waals surface area contributed by atoms with E-state index in [1.807, 2.05) is 6.26 Å². The summed E-state index contributed by atoms with van der Waals surface area (Å²) in [7, 11) is 0. The minimum absolute atomic E-state index is 0.0686. The molecule has 0 radical (unpaired) electrons. The van der Waals surface area contributed by atoms with Crippen molar-refractivity contribution in [2.24, 2.45) is 11.7 Å². The highest BCUT2D eigenvalue weighted by Gasteiger charge is 2.27. The first-order valence-electron chi connectivity index (χ1n) is 6.32. The van der Waals surface area contributed by atoms with Crippen molar-refractivity contribution in [1.82, 2.24) is 5.32 Å². The third kappa shape index (κ3) is 4.86. The zero-order chi connectivity index (χ0) is 13.5. The Balaban J connectivity index is 2.42. The molecular formula is C12H22N2O3S. The topological polar surface area (TPSA) is 92.4 Å². The Morgan fingerprint density at radius 3 is 2.50 bits per heavy atom. The molecule has 1 rings (SSSR count). The van der Waals surface area contributed by atoms with Crippen molar-refractivity contribution in [2.45, 2.75) is 44.2 Å². The monoisotopic (exact) mass is 274 g/mol. The number of hydrogen-bond acceptors (Lipinski definition) is 4. The lowest BCUT2D eigenvalue weighted by molar-refractivity contribution is -0.142. The molecule has 18 heavy (non-hydrogen) atoms. The van der Waals surface area contributed by atoms with Gasteiger partial charge in [0.05, 0.1) is 0 Å². The molecule has 0 spiro atoms. The van der Waals surface area contributed by atoms with Crippen molar-refractivity contribution in [2.75, 3.05) is 12.0 Å². The third-order valence-electron chi connectivity index (χ3n) is 3.37. The molecule has 0 heterocycles. The molecule has 1 aliphatic rings.